The van der Waals surface area contributed by atoms with Gasteiger partial charge in [0.05, 0.1) is 24.0 Å². The molecule has 2 aliphatic heterocycles. The molecular formula is C19H25N3O4. The van der Waals surface area contributed by atoms with Gasteiger partial charge in [0.15, 0.2) is 0 Å². The first-order chi connectivity index (χ1) is 12.4. The molecule has 2 N–H and O–H groups in total. The molecule has 1 aromatic rings. The average Bonchev–Trinajstić information content (AvgIpc) is 2.64. The fourth-order valence-electron chi connectivity index (χ4n) is 3.71. The van der Waals surface area contributed by atoms with Crippen LogP contribution < -0.4 is 5.32 Å². The summed E-state index contributed by atoms with van der Waals surface area (Å²) in [5, 5.41) is 12.5. The number of nitrogens with zero attached hydrogens (tertiary/aromatic N) is 2. The standard InChI is InChI=1S/C19H25N3O4/c1-12(16-15(13(2)23)17(24)20-16)18(25)21-8-10-22(11-9-21)19(26)14-6-4-3-5-7-14/h3-7,12-13,15-16,23H,8-11H2,1-2H3,(H,20,24)/t12-,13-,15-,16-/m1/s1. The van der Waals surface area contributed by atoms with E-state index in [0.717, 1.165) is 0 Å². The van der Waals surface area contributed by atoms with Crippen molar-refractivity contribution in [2.24, 2.45) is 11.8 Å². The summed E-state index contributed by atoms with van der Waals surface area (Å²) in [5.41, 5.74) is 0.651. The van der Waals surface area contributed by atoms with Gasteiger partial charge in [-0.2, -0.15) is 0 Å². The summed E-state index contributed by atoms with van der Waals surface area (Å²) in [4.78, 5) is 40.3. The van der Waals surface area contributed by atoms with E-state index in [0.29, 0.717) is 31.7 Å². The number of β-lactam (4-membered cyclic amide) rings is 1. The average molecular weight is 359 g/mol. The summed E-state index contributed by atoms with van der Waals surface area (Å²) >= 11 is 0. The Morgan fingerprint density at radius 3 is 2.19 bits per heavy atom. The molecule has 0 aromatic heterocycles. The molecule has 0 unspecified atom stereocenters. The number of hydrogen-bond donors (Lipinski definition) is 2. The first-order valence-electron chi connectivity index (χ1n) is 9.01. The van der Waals surface area contributed by atoms with E-state index in [9.17, 15) is 19.5 Å². The Hall–Kier alpha value is -2.41. The molecular weight excluding hydrogens is 334 g/mol. The number of amides is 3. The second kappa shape index (κ2) is 7.45. The molecule has 2 heterocycles. The first-order valence-corrected chi connectivity index (χ1v) is 9.01. The molecule has 3 amide bonds. The summed E-state index contributed by atoms with van der Waals surface area (Å²) in [7, 11) is 0. The van der Waals surface area contributed by atoms with Gasteiger partial charge < -0.3 is 20.2 Å². The van der Waals surface area contributed by atoms with Crippen LogP contribution in [0.25, 0.3) is 0 Å². The molecule has 7 heteroatoms. The van der Waals surface area contributed by atoms with Crippen LogP contribution >= 0.6 is 0 Å². The number of aliphatic hydroxyl groups is 1. The Balaban J connectivity index is 1.55. The minimum Gasteiger partial charge on any atom is -0.393 e. The van der Waals surface area contributed by atoms with Gasteiger partial charge in [0.25, 0.3) is 5.91 Å². The van der Waals surface area contributed by atoms with Gasteiger partial charge in [-0.25, -0.2) is 0 Å². The largest absolute Gasteiger partial charge is 0.393 e. The van der Waals surface area contributed by atoms with Gasteiger partial charge in [0.1, 0.15) is 0 Å². The fourth-order valence-corrected chi connectivity index (χ4v) is 3.71. The third kappa shape index (κ3) is 3.44. The first kappa shape index (κ1) is 18.4. The van der Waals surface area contributed by atoms with Crippen LogP contribution in [0.4, 0.5) is 0 Å². The molecule has 3 rings (SSSR count). The maximum Gasteiger partial charge on any atom is 0.253 e. The van der Waals surface area contributed by atoms with Gasteiger partial charge in [-0.1, -0.05) is 25.1 Å². The molecule has 2 aliphatic rings. The molecule has 4 atom stereocenters. The number of nitrogens with one attached hydrogen (secondary N) is 1. The lowest BCUT2D eigenvalue weighted by molar-refractivity contribution is -0.149. The normalized spacial score (nSPS) is 25.1. The van der Waals surface area contributed by atoms with Crippen LogP contribution in [0.2, 0.25) is 0 Å². The topological polar surface area (TPSA) is 89.9 Å². The highest BCUT2D eigenvalue weighted by atomic mass is 16.3. The number of aliphatic hydroxyl groups excluding tert-OH is 1. The van der Waals surface area contributed by atoms with E-state index in [2.05, 4.69) is 5.32 Å². The Labute approximate surface area is 153 Å². The number of benzene rings is 1. The summed E-state index contributed by atoms with van der Waals surface area (Å²) in [6.45, 7) is 5.28. The zero-order valence-corrected chi connectivity index (χ0v) is 15.1. The summed E-state index contributed by atoms with van der Waals surface area (Å²) in [5.74, 6) is -1.21. The molecule has 0 bridgehead atoms. The fraction of sp³-hybridized carbons (Fsp3) is 0.526. The van der Waals surface area contributed by atoms with Crippen LogP contribution in [0.15, 0.2) is 30.3 Å². The molecule has 0 aliphatic carbocycles. The lowest BCUT2D eigenvalue weighted by Crippen LogP contribution is -2.66. The minimum atomic E-state index is -0.774. The Morgan fingerprint density at radius 1 is 1.08 bits per heavy atom. The maximum atomic E-state index is 12.7. The molecule has 0 spiro atoms. The van der Waals surface area contributed by atoms with E-state index < -0.39 is 17.9 Å². The Bertz CT molecular complexity index is 683. The predicted octanol–water partition coefficient (Wildman–Crippen LogP) is 0.103. The van der Waals surface area contributed by atoms with Gasteiger partial charge >= 0.3 is 0 Å². The monoisotopic (exact) mass is 359 g/mol. The van der Waals surface area contributed by atoms with E-state index in [-0.39, 0.29) is 23.8 Å². The van der Waals surface area contributed by atoms with Crippen LogP contribution in [-0.2, 0) is 9.59 Å². The lowest BCUT2D eigenvalue weighted by Gasteiger charge is -2.43. The number of hydrogen-bond acceptors (Lipinski definition) is 4. The summed E-state index contributed by atoms with van der Waals surface area (Å²) < 4.78 is 0. The second-order valence-electron chi connectivity index (χ2n) is 7.07. The van der Waals surface area contributed by atoms with Crippen molar-refractivity contribution in [2.45, 2.75) is 26.0 Å². The van der Waals surface area contributed by atoms with Crippen LogP contribution in [0, 0.1) is 11.8 Å². The van der Waals surface area contributed by atoms with Crippen molar-refractivity contribution in [1.29, 1.82) is 0 Å². The van der Waals surface area contributed by atoms with E-state index in [1.165, 1.54) is 0 Å². The van der Waals surface area contributed by atoms with Gasteiger partial charge in [-0.3, -0.25) is 14.4 Å². The highest BCUT2D eigenvalue weighted by Gasteiger charge is 2.48. The zero-order chi connectivity index (χ0) is 18.8. The molecule has 7 nitrogen and oxygen atoms in total. The van der Waals surface area contributed by atoms with E-state index in [1.807, 2.05) is 18.2 Å². The van der Waals surface area contributed by atoms with Crippen LogP contribution in [0.3, 0.4) is 0 Å². The highest BCUT2D eigenvalue weighted by molar-refractivity contribution is 5.94. The van der Waals surface area contributed by atoms with Crippen molar-refractivity contribution in [1.82, 2.24) is 15.1 Å². The van der Waals surface area contributed by atoms with Crippen LogP contribution in [-0.4, -0.2) is 71.0 Å². The molecule has 140 valence electrons. The molecule has 2 fully saturated rings. The SMILES string of the molecule is C[C@@H](O)[C@H]1C(=O)N[C@@H]1[C@@H](C)C(=O)N1CCN(C(=O)c2ccccc2)CC1. The van der Waals surface area contributed by atoms with Crippen molar-refractivity contribution in [3.8, 4) is 0 Å². The Kier molecular flexibility index (Phi) is 5.27. The van der Waals surface area contributed by atoms with E-state index in [1.54, 1.807) is 35.8 Å². The van der Waals surface area contributed by atoms with Crippen molar-refractivity contribution < 1.29 is 19.5 Å². The van der Waals surface area contributed by atoms with Gasteiger partial charge in [-0.05, 0) is 19.1 Å². The number of carbonyl (C=O) groups is 3. The Morgan fingerprint density at radius 2 is 1.65 bits per heavy atom. The number of piperazine rings is 1. The highest BCUT2D eigenvalue weighted by Crippen LogP contribution is 2.27. The van der Waals surface area contributed by atoms with Gasteiger partial charge in [0.2, 0.25) is 11.8 Å². The van der Waals surface area contributed by atoms with Gasteiger partial charge in [0, 0.05) is 31.7 Å². The van der Waals surface area contributed by atoms with Crippen LogP contribution in [0.5, 0.6) is 0 Å². The summed E-state index contributed by atoms with van der Waals surface area (Å²) in [6.07, 6.45) is -0.774. The van der Waals surface area contributed by atoms with E-state index >= 15 is 0 Å². The number of rotatable bonds is 4. The lowest BCUT2D eigenvalue weighted by atomic mass is 9.78. The third-order valence-electron chi connectivity index (χ3n) is 5.35. The third-order valence-corrected chi connectivity index (χ3v) is 5.35. The van der Waals surface area contributed by atoms with Crippen molar-refractivity contribution in [3.63, 3.8) is 0 Å². The van der Waals surface area contributed by atoms with Gasteiger partial charge in [-0.15, -0.1) is 0 Å². The van der Waals surface area contributed by atoms with Crippen molar-refractivity contribution in [3.05, 3.63) is 35.9 Å². The molecule has 2 saturated heterocycles. The molecule has 1 aromatic carbocycles. The van der Waals surface area contributed by atoms with Crippen LogP contribution in [0.1, 0.15) is 24.2 Å². The zero-order valence-electron chi connectivity index (χ0n) is 15.1. The smallest absolute Gasteiger partial charge is 0.253 e. The van der Waals surface area contributed by atoms with E-state index in [4.69, 9.17) is 0 Å². The molecule has 0 radical (unpaired) electrons. The molecule has 26 heavy (non-hydrogen) atoms. The molecule has 0 saturated carbocycles. The second-order valence-corrected chi connectivity index (χ2v) is 7.07. The number of carbonyl (C=O) groups excluding carboxylic acids is 3. The van der Waals surface area contributed by atoms with Crippen molar-refractivity contribution >= 4 is 17.7 Å². The van der Waals surface area contributed by atoms with Crippen molar-refractivity contribution in [2.75, 3.05) is 26.2 Å². The predicted molar refractivity (Wildman–Crippen MR) is 95.2 cm³/mol. The summed E-state index contributed by atoms with van der Waals surface area (Å²) in [6, 6.07) is 8.78. The minimum absolute atomic E-state index is 0.0221. The quantitative estimate of drug-likeness (QED) is 0.747. The maximum absolute atomic E-state index is 12.7.